The molecule has 0 aliphatic carbocycles. The third-order valence-electron chi connectivity index (χ3n) is 0.750. The van der Waals surface area contributed by atoms with Gasteiger partial charge in [0.1, 0.15) is 0 Å². The van der Waals surface area contributed by atoms with Crippen LogP contribution in [0.25, 0.3) is 0 Å². The Morgan fingerprint density at radius 1 is 0.909 bits per heavy atom. The summed E-state index contributed by atoms with van der Waals surface area (Å²) in [5.74, 6) is 0. The zero-order chi connectivity index (χ0) is 9.54. The molecular formula is C10H25N. The zero-order valence-electron chi connectivity index (χ0n) is 9.15. The van der Waals surface area contributed by atoms with Crippen molar-refractivity contribution in [3.05, 3.63) is 0 Å². The lowest BCUT2D eigenvalue weighted by atomic mass is 10.4. The van der Waals surface area contributed by atoms with E-state index < -0.39 is 0 Å². The van der Waals surface area contributed by atoms with E-state index in [1.807, 2.05) is 47.8 Å². The van der Waals surface area contributed by atoms with Crippen molar-refractivity contribution < 1.29 is 0 Å². The lowest BCUT2D eigenvalue weighted by Gasteiger charge is -1.67. The Labute approximate surface area is 72.9 Å². The minimum atomic E-state index is 1.07. The fraction of sp³-hybridized carbons (Fsp3) is 0.900. The van der Waals surface area contributed by atoms with Crippen molar-refractivity contribution in [1.82, 2.24) is 0 Å². The van der Waals surface area contributed by atoms with Crippen molar-refractivity contribution >= 4 is 6.21 Å². The van der Waals surface area contributed by atoms with Crippen molar-refractivity contribution in [3.63, 3.8) is 0 Å². The van der Waals surface area contributed by atoms with Crippen molar-refractivity contribution in [2.24, 2.45) is 4.99 Å². The van der Waals surface area contributed by atoms with Gasteiger partial charge in [-0.2, -0.15) is 0 Å². The van der Waals surface area contributed by atoms with Crippen LogP contribution in [0.15, 0.2) is 4.99 Å². The highest BCUT2D eigenvalue weighted by molar-refractivity contribution is 5.58. The molecular weight excluding hydrogens is 134 g/mol. The molecule has 0 aromatic carbocycles. The first-order valence-corrected chi connectivity index (χ1v) is 4.98. The molecule has 0 atom stereocenters. The van der Waals surface area contributed by atoms with E-state index in [1.54, 1.807) is 0 Å². The summed E-state index contributed by atoms with van der Waals surface area (Å²) < 4.78 is 0. The van der Waals surface area contributed by atoms with Gasteiger partial charge in [0.05, 0.1) is 0 Å². The van der Waals surface area contributed by atoms with Gasteiger partial charge in [0, 0.05) is 6.54 Å². The zero-order valence-corrected chi connectivity index (χ0v) is 9.15. The molecule has 0 spiro atoms. The van der Waals surface area contributed by atoms with Gasteiger partial charge in [0.25, 0.3) is 0 Å². The predicted octanol–water partition coefficient (Wildman–Crippen LogP) is 3.93. The molecule has 0 amide bonds. The summed E-state index contributed by atoms with van der Waals surface area (Å²) in [6.07, 6.45) is 4.47. The van der Waals surface area contributed by atoms with E-state index in [4.69, 9.17) is 0 Å². The third-order valence-corrected chi connectivity index (χ3v) is 0.750. The van der Waals surface area contributed by atoms with E-state index in [9.17, 15) is 0 Å². The maximum atomic E-state index is 3.96. The molecule has 0 aromatic rings. The second kappa shape index (κ2) is 33.3. The molecule has 0 N–H and O–H groups in total. The minimum absolute atomic E-state index is 1.07. The first-order chi connectivity index (χ1) is 5.50. The molecule has 0 fully saturated rings. The molecule has 1 rings (SSSR count). The lowest BCUT2D eigenvalue weighted by molar-refractivity contribution is 0.952. The largest absolute Gasteiger partial charge is 0.298 e. The third kappa shape index (κ3) is 26.1. The molecule has 1 aliphatic rings. The topological polar surface area (TPSA) is 12.4 Å². The molecule has 0 bridgehead atoms. The quantitative estimate of drug-likeness (QED) is 0.508. The van der Waals surface area contributed by atoms with Crippen LogP contribution in [0.2, 0.25) is 0 Å². The molecule has 1 nitrogen and oxygen atoms in total. The van der Waals surface area contributed by atoms with E-state index in [1.165, 1.54) is 12.8 Å². The average Bonchev–Trinajstić information content (AvgIpc) is 2.71. The maximum Gasteiger partial charge on any atom is 0.0388 e. The van der Waals surface area contributed by atoms with Crippen LogP contribution in [0.1, 0.15) is 54.4 Å². The van der Waals surface area contributed by atoms with E-state index >= 15 is 0 Å². The van der Waals surface area contributed by atoms with Gasteiger partial charge < -0.3 is 0 Å². The van der Waals surface area contributed by atoms with Crippen LogP contribution in [-0.4, -0.2) is 12.8 Å². The van der Waals surface area contributed by atoms with Gasteiger partial charge in [-0.15, -0.1) is 0 Å². The van der Waals surface area contributed by atoms with Gasteiger partial charge >= 0.3 is 0 Å². The number of nitrogens with zero attached hydrogens (tertiary/aromatic N) is 1. The SMILES string of the molecule is C1=NCCC1.CC.CC.CC. The average molecular weight is 159 g/mol. The van der Waals surface area contributed by atoms with E-state index in [2.05, 4.69) is 4.99 Å². The Bertz CT molecular complexity index is 42.8. The smallest absolute Gasteiger partial charge is 0.0388 e. The Kier molecular flexibility index (Phi) is 51.4. The van der Waals surface area contributed by atoms with Gasteiger partial charge in [-0.25, -0.2) is 0 Å². The summed E-state index contributed by atoms with van der Waals surface area (Å²) in [5, 5.41) is 0. The predicted molar refractivity (Wildman–Crippen MR) is 56.6 cm³/mol. The molecule has 0 unspecified atom stereocenters. The van der Waals surface area contributed by atoms with Gasteiger partial charge in [0.2, 0.25) is 0 Å². The highest BCUT2D eigenvalue weighted by atomic mass is 14.7. The maximum absolute atomic E-state index is 3.96. The summed E-state index contributed by atoms with van der Waals surface area (Å²) in [7, 11) is 0. The van der Waals surface area contributed by atoms with Crippen LogP contribution in [0.3, 0.4) is 0 Å². The minimum Gasteiger partial charge on any atom is -0.298 e. The number of aliphatic imine (C=N–C) groups is 1. The van der Waals surface area contributed by atoms with Crippen LogP contribution >= 0.6 is 0 Å². The van der Waals surface area contributed by atoms with Gasteiger partial charge in [-0.05, 0) is 19.1 Å². The Morgan fingerprint density at radius 2 is 1.36 bits per heavy atom. The summed E-state index contributed by atoms with van der Waals surface area (Å²) in [4.78, 5) is 3.96. The van der Waals surface area contributed by atoms with Crippen molar-refractivity contribution in [2.75, 3.05) is 6.54 Å². The Balaban J connectivity index is -0.0000000933. The van der Waals surface area contributed by atoms with Crippen LogP contribution in [-0.2, 0) is 0 Å². The Hall–Kier alpha value is -0.330. The van der Waals surface area contributed by atoms with Crippen molar-refractivity contribution in [1.29, 1.82) is 0 Å². The Morgan fingerprint density at radius 3 is 1.45 bits per heavy atom. The number of rotatable bonds is 0. The monoisotopic (exact) mass is 159 g/mol. The molecule has 1 aliphatic heterocycles. The molecule has 0 aromatic heterocycles. The lowest BCUT2D eigenvalue weighted by Crippen LogP contribution is -1.62. The van der Waals surface area contributed by atoms with Crippen LogP contribution in [0.5, 0.6) is 0 Å². The van der Waals surface area contributed by atoms with E-state index in [0.29, 0.717) is 0 Å². The second-order valence-electron chi connectivity index (χ2n) is 1.23. The van der Waals surface area contributed by atoms with Crippen LogP contribution in [0, 0.1) is 0 Å². The molecule has 0 radical (unpaired) electrons. The van der Waals surface area contributed by atoms with Crippen LogP contribution in [0.4, 0.5) is 0 Å². The van der Waals surface area contributed by atoms with E-state index in [0.717, 1.165) is 6.54 Å². The van der Waals surface area contributed by atoms with Crippen molar-refractivity contribution in [2.45, 2.75) is 54.4 Å². The molecule has 1 heteroatoms. The first kappa shape index (κ1) is 17.0. The molecule has 11 heavy (non-hydrogen) atoms. The molecule has 70 valence electrons. The van der Waals surface area contributed by atoms with Gasteiger partial charge in [-0.1, -0.05) is 41.5 Å². The summed E-state index contributed by atoms with van der Waals surface area (Å²) in [5.41, 5.74) is 0. The highest BCUT2D eigenvalue weighted by Gasteiger charge is 1.85. The van der Waals surface area contributed by atoms with E-state index in [-0.39, 0.29) is 0 Å². The fourth-order valence-electron chi connectivity index (χ4n) is 0.456. The fourth-order valence-corrected chi connectivity index (χ4v) is 0.456. The normalized spacial score (nSPS) is 11.1. The first-order valence-electron chi connectivity index (χ1n) is 4.98. The molecule has 0 saturated heterocycles. The van der Waals surface area contributed by atoms with Gasteiger partial charge in [0.15, 0.2) is 0 Å². The summed E-state index contributed by atoms with van der Waals surface area (Å²) in [6.45, 7) is 13.1. The highest BCUT2D eigenvalue weighted by Crippen LogP contribution is 1.92. The van der Waals surface area contributed by atoms with Crippen molar-refractivity contribution in [3.8, 4) is 0 Å². The molecule has 1 heterocycles. The summed E-state index contributed by atoms with van der Waals surface area (Å²) in [6, 6.07) is 0. The van der Waals surface area contributed by atoms with Crippen LogP contribution < -0.4 is 0 Å². The number of hydrogen-bond donors (Lipinski definition) is 0. The number of hydrogen-bond acceptors (Lipinski definition) is 1. The van der Waals surface area contributed by atoms with Gasteiger partial charge in [-0.3, -0.25) is 4.99 Å². The standard InChI is InChI=1S/C4H7N.3C2H6/c1-2-4-5-3-1;3*1-2/h3H,1-2,4H2;3*1-2H3. The second-order valence-corrected chi connectivity index (χ2v) is 1.23. The molecule has 0 saturated carbocycles. The summed E-state index contributed by atoms with van der Waals surface area (Å²) >= 11 is 0.